The van der Waals surface area contributed by atoms with E-state index >= 15 is 0 Å². The number of aromatic nitrogens is 1. The number of hydrogen-bond acceptors (Lipinski definition) is 3. The highest BCUT2D eigenvalue weighted by Crippen LogP contribution is 2.15. The molecular formula is C13H21N3O. The smallest absolute Gasteiger partial charge is 0.272 e. The highest BCUT2D eigenvalue weighted by atomic mass is 16.2. The van der Waals surface area contributed by atoms with E-state index in [0.29, 0.717) is 5.69 Å². The number of rotatable bonds is 3. The van der Waals surface area contributed by atoms with Gasteiger partial charge in [0.25, 0.3) is 5.91 Å². The van der Waals surface area contributed by atoms with Gasteiger partial charge in [-0.15, -0.1) is 0 Å². The molecule has 17 heavy (non-hydrogen) atoms. The van der Waals surface area contributed by atoms with E-state index in [0.717, 1.165) is 12.2 Å². The molecule has 1 aromatic rings. The number of nitrogens with one attached hydrogen (secondary N) is 1. The first kappa shape index (κ1) is 13.5. The van der Waals surface area contributed by atoms with Crippen LogP contribution in [0.2, 0.25) is 0 Å². The summed E-state index contributed by atoms with van der Waals surface area (Å²) in [7, 11) is 3.44. The minimum Gasteiger partial charge on any atom is -0.384 e. The third kappa shape index (κ3) is 4.43. The van der Waals surface area contributed by atoms with Gasteiger partial charge in [0.05, 0.1) is 0 Å². The molecule has 0 aliphatic heterocycles. The van der Waals surface area contributed by atoms with Gasteiger partial charge in [-0.25, -0.2) is 0 Å². The molecule has 0 radical (unpaired) electrons. The quantitative estimate of drug-likeness (QED) is 0.874. The molecule has 0 aliphatic rings. The lowest BCUT2D eigenvalue weighted by Gasteiger charge is -2.20. The lowest BCUT2D eigenvalue weighted by molar-refractivity contribution is 0.0822. The predicted octanol–water partition coefficient (Wildman–Crippen LogP) is 2.24. The SMILES string of the molecule is CN(C)C(=O)c1cc(NCC(C)(C)C)ccn1. The first-order chi connectivity index (χ1) is 7.79. The van der Waals surface area contributed by atoms with Crippen LogP contribution in [0.3, 0.4) is 0 Å². The standard InChI is InChI=1S/C13H21N3O/c1-13(2,3)9-15-10-6-7-14-11(8-10)12(17)16(4)5/h6-8H,9H2,1-5H3,(H,14,15). The monoisotopic (exact) mass is 235 g/mol. The van der Waals surface area contributed by atoms with Gasteiger partial charge in [-0.2, -0.15) is 0 Å². The molecule has 0 spiro atoms. The average Bonchev–Trinajstić information content (AvgIpc) is 2.24. The summed E-state index contributed by atoms with van der Waals surface area (Å²) in [5.74, 6) is -0.0793. The van der Waals surface area contributed by atoms with Crippen LogP contribution < -0.4 is 5.32 Å². The fourth-order valence-electron chi connectivity index (χ4n) is 1.25. The van der Waals surface area contributed by atoms with Crippen LogP contribution in [0.5, 0.6) is 0 Å². The van der Waals surface area contributed by atoms with Crippen LogP contribution in [-0.4, -0.2) is 36.4 Å². The summed E-state index contributed by atoms with van der Waals surface area (Å²) in [5.41, 5.74) is 1.60. The Bertz CT molecular complexity index is 394. The van der Waals surface area contributed by atoms with Crippen LogP contribution in [0, 0.1) is 5.41 Å². The van der Waals surface area contributed by atoms with Gasteiger partial charge in [0.2, 0.25) is 0 Å². The molecule has 0 aliphatic carbocycles. The highest BCUT2D eigenvalue weighted by Gasteiger charge is 2.12. The second-order valence-electron chi connectivity index (χ2n) is 5.54. The summed E-state index contributed by atoms with van der Waals surface area (Å²) >= 11 is 0. The van der Waals surface area contributed by atoms with Crippen LogP contribution in [0.25, 0.3) is 0 Å². The Balaban J connectivity index is 2.76. The molecule has 4 heteroatoms. The highest BCUT2D eigenvalue weighted by molar-refractivity contribution is 5.92. The molecule has 1 heterocycles. The van der Waals surface area contributed by atoms with E-state index in [1.807, 2.05) is 6.07 Å². The van der Waals surface area contributed by atoms with E-state index in [9.17, 15) is 4.79 Å². The fourth-order valence-corrected chi connectivity index (χ4v) is 1.25. The molecule has 1 amide bonds. The topological polar surface area (TPSA) is 45.2 Å². The van der Waals surface area contributed by atoms with Crippen molar-refractivity contribution in [3.8, 4) is 0 Å². The molecule has 1 aromatic heterocycles. The van der Waals surface area contributed by atoms with Crippen molar-refractivity contribution in [2.45, 2.75) is 20.8 Å². The maximum Gasteiger partial charge on any atom is 0.272 e. The molecular weight excluding hydrogens is 214 g/mol. The van der Waals surface area contributed by atoms with Crippen molar-refractivity contribution in [2.75, 3.05) is 26.0 Å². The molecule has 0 saturated carbocycles. The minimum atomic E-state index is -0.0793. The number of pyridine rings is 1. The van der Waals surface area contributed by atoms with E-state index < -0.39 is 0 Å². The van der Waals surface area contributed by atoms with Crippen LogP contribution in [0.4, 0.5) is 5.69 Å². The normalized spacial score (nSPS) is 11.1. The summed E-state index contributed by atoms with van der Waals surface area (Å²) in [6.45, 7) is 7.33. The Kier molecular flexibility index (Phi) is 4.10. The number of nitrogens with zero attached hydrogens (tertiary/aromatic N) is 2. The zero-order chi connectivity index (χ0) is 13.1. The first-order valence-corrected chi connectivity index (χ1v) is 5.71. The third-order valence-electron chi connectivity index (χ3n) is 2.21. The van der Waals surface area contributed by atoms with Gasteiger partial charge in [-0.1, -0.05) is 20.8 Å². The lowest BCUT2D eigenvalue weighted by atomic mass is 9.97. The molecule has 0 atom stereocenters. The van der Waals surface area contributed by atoms with E-state index in [1.165, 1.54) is 4.90 Å². The van der Waals surface area contributed by atoms with Gasteiger partial charge >= 0.3 is 0 Å². The summed E-state index contributed by atoms with van der Waals surface area (Å²) in [6, 6.07) is 3.66. The molecule has 4 nitrogen and oxygen atoms in total. The maximum absolute atomic E-state index is 11.7. The molecule has 1 N–H and O–H groups in total. The Morgan fingerprint density at radius 2 is 2.06 bits per heavy atom. The fraction of sp³-hybridized carbons (Fsp3) is 0.538. The van der Waals surface area contributed by atoms with Crippen molar-refractivity contribution in [2.24, 2.45) is 5.41 Å². The van der Waals surface area contributed by atoms with Crippen LogP contribution >= 0.6 is 0 Å². The molecule has 0 aromatic carbocycles. The Morgan fingerprint density at radius 1 is 1.41 bits per heavy atom. The number of hydrogen-bond donors (Lipinski definition) is 1. The number of carbonyl (C=O) groups excluding carboxylic acids is 1. The van der Waals surface area contributed by atoms with Crippen molar-refractivity contribution >= 4 is 11.6 Å². The van der Waals surface area contributed by atoms with Gasteiger partial charge in [0.1, 0.15) is 5.69 Å². The van der Waals surface area contributed by atoms with Crippen molar-refractivity contribution in [3.05, 3.63) is 24.0 Å². The molecule has 94 valence electrons. The van der Waals surface area contributed by atoms with Crippen molar-refractivity contribution in [1.82, 2.24) is 9.88 Å². The number of carbonyl (C=O) groups is 1. The summed E-state index contributed by atoms with van der Waals surface area (Å²) < 4.78 is 0. The van der Waals surface area contributed by atoms with Crippen LogP contribution in [0.1, 0.15) is 31.3 Å². The Labute approximate surface area is 103 Å². The van der Waals surface area contributed by atoms with Gasteiger partial charge in [0, 0.05) is 32.5 Å². The number of amides is 1. The van der Waals surface area contributed by atoms with Crippen LogP contribution in [0.15, 0.2) is 18.3 Å². The zero-order valence-corrected chi connectivity index (χ0v) is 11.2. The van der Waals surface area contributed by atoms with Gasteiger partial charge in [-0.05, 0) is 17.5 Å². The Hall–Kier alpha value is -1.58. The zero-order valence-electron chi connectivity index (χ0n) is 11.2. The molecule has 0 saturated heterocycles. The Morgan fingerprint density at radius 3 is 2.59 bits per heavy atom. The first-order valence-electron chi connectivity index (χ1n) is 5.71. The van der Waals surface area contributed by atoms with Crippen molar-refractivity contribution in [1.29, 1.82) is 0 Å². The summed E-state index contributed by atoms with van der Waals surface area (Å²) in [5, 5.41) is 3.31. The van der Waals surface area contributed by atoms with Gasteiger partial charge in [0.15, 0.2) is 0 Å². The largest absolute Gasteiger partial charge is 0.384 e. The van der Waals surface area contributed by atoms with Crippen molar-refractivity contribution in [3.63, 3.8) is 0 Å². The summed E-state index contributed by atoms with van der Waals surface area (Å²) in [6.07, 6.45) is 1.65. The van der Waals surface area contributed by atoms with E-state index in [4.69, 9.17) is 0 Å². The molecule has 0 bridgehead atoms. The number of anilines is 1. The van der Waals surface area contributed by atoms with Gasteiger partial charge < -0.3 is 10.2 Å². The molecule has 1 rings (SSSR count). The predicted molar refractivity (Wildman–Crippen MR) is 70.2 cm³/mol. The third-order valence-corrected chi connectivity index (χ3v) is 2.21. The van der Waals surface area contributed by atoms with Crippen molar-refractivity contribution < 1.29 is 4.79 Å². The van der Waals surface area contributed by atoms with E-state index in [-0.39, 0.29) is 11.3 Å². The second kappa shape index (κ2) is 5.17. The summed E-state index contributed by atoms with van der Waals surface area (Å²) in [4.78, 5) is 17.3. The van der Waals surface area contributed by atoms with Crippen LogP contribution in [-0.2, 0) is 0 Å². The van der Waals surface area contributed by atoms with Gasteiger partial charge in [-0.3, -0.25) is 9.78 Å². The second-order valence-corrected chi connectivity index (χ2v) is 5.54. The van der Waals surface area contributed by atoms with E-state index in [2.05, 4.69) is 31.1 Å². The average molecular weight is 235 g/mol. The molecule has 0 unspecified atom stereocenters. The molecule has 0 fully saturated rings. The van der Waals surface area contributed by atoms with E-state index in [1.54, 1.807) is 26.4 Å². The maximum atomic E-state index is 11.7. The minimum absolute atomic E-state index is 0.0793. The lowest BCUT2D eigenvalue weighted by Crippen LogP contribution is -2.23.